The van der Waals surface area contributed by atoms with Crippen molar-refractivity contribution in [3.8, 4) is 17.2 Å². The van der Waals surface area contributed by atoms with Gasteiger partial charge in [-0.3, -0.25) is 9.69 Å². The smallest absolute Gasteiger partial charge is 0.222 e. The second-order valence-corrected chi connectivity index (χ2v) is 15.8. The Balaban J connectivity index is 0.986. The highest BCUT2D eigenvalue weighted by atomic mass is 16.5. The maximum absolute atomic E-state index is 14.1. The number of likely N-dealkylation sites (tertiary alicyclic amines) is 1. The van der Waals surface area contributed by atoms with Crippen LogP contribution in [0.5, 0.6) is 17.2 Å². The molecule has 6 nitrogen and oxygen atoms in total. The van der Waals surface area contributed by atoms with Gasteiger partial charge in [-0.15, -0.1) is 0 Å². The quantitative estimate of drug-likeness (QED) is 0.163. The molecule has 1 spiro atoms. The van der Waals surface area contributed by atoms with Crippen LogP contribution >= 0.6 is 0 Å². The molecule has 48 heavy (non-hydrogen) atoms. The number of phenolic OH excluding ortho intramolecular Hbond substituents is 1. The van der Waals surface area contributed by atoms with E-state index in [1.807, 2.05) is 0 Å². The molecular formula is C42H60N2O4. The molecule has 0 unspecified atom stereocenters. The predicted molar refractivity (Wildman–Crippen MR) is 192 cm³/mol. The van der Waals surface area contributed by atoms with Gasteiger partial charge in [-0.05, 0) is 88.2 Å². The molecule has 3 aliphatic carbocycles. The van der Waals surface area contributed by atoms with Crippen molar-refractivity contribution in [1.29, 1.82) is 0 Å². The molecule has 7 rings (SSSR count). The van der Waals surface area contributed by atoms with Gasteiger partial charge in [0.05, 0.1) is 13.2 Å². The Morgan fingerprint density at radius 1 is 1.00 bits per heavy atom. The molecule has 2 aromatic rings. The molecule has 1 amide bonds. The number of hydrogen-bond donors (Lipinski definition) is 1. The third kappa shape index (κ3) is 6.60. The van der Waals surface area contributed by atoms with Gasteiger partial charge in [-0.1, -0.05) is 82.2 Å². The largest absolute Gasteiger partial charge is 0.508 e. The summed E-state index contributed by atoms with van der Waals surface area (Å²) < 4.78 is 12.9. The van der Waals surface area contributed by atoms with Crippen molar-refractivity contribution in [3.05, 3.63) is 53.1 Å². The van der Waals surface area contributed by atoms with Crippen LogP contribution in [-0.4, -0.2) is 65.7 Å². The maximum atomic E-state index is 14.1. The molecule has 2 bridgehead atoms. The number of ether oxygens (including phenoxy) is 2. The predicted octanol–water partition coefficient (Wildman–Crippen LogP) is 8.60. The van der Waals surface area contributed by atoms with Crippen LogP contribution in [0.25, 0.3) is 0 Å². The van der Waals surface area contributed by atoms with Gasteiger partial charge in [0.25, 0.3) is 0 Å². The Kier molecular flexibility index (Phi) is 10.6. The summed E-state index contributed by atoms with van der Waals surface area (Å²) in [5.41, 5.74) is 3.60. The number of nitrogens with zero attached hydrogens (tertiary/aromatic N) is 2. The molecule has 0 radical (unpaired) electrons. The average Bonchev–Trinajstić information content (AvgIpc) is 3.86. The first-order chi connectivity index (χ1) is 23.5. The van der Waals surface area contributed by atoms with Gasteiger partial charge in [0.15, 0.2) is 11.5 Å². The van der Waals surface area contributed by atoms with Crippen molar-refractivity contribution in [1.82, 2.24) is 9.80 Å². The number of benzene rings is 2. The summed E-state index contributed by atoms with van der Waals surface area (Å²) in [6.07, 6.45) is 20.4. The van der Waals surface area contributed by atoms with Crippen LogP contribution in [-0.2, 0) is 23.1 Å². The minimum Gasteiger partial charge on any atom is -0.508 e. The highest BCUT2D eigenvalue weighted by Crippen LogP contribution is 2.66. The lowest BCUT2D eigenvalue weighted by Gasteiger charge is -2.60. The van der Waals surface area contributed by atoms with Crippen molar-refractivity contribution in [2.75, 3.05) is 26.7 Å². The molecule has 5 aliphatic rings. The van der Waals surface area contributed by atoms with Crippen molar-refractivity contribution in [2.24, 2.45) is 11.8 Å². The highest BCUT2D eigenvalue weighted by Gasteiger charge is 2.67. The number of unbranched alkanes of at least 4 members (excludes halogenated alkanes) is 8. The zero-order valence-corrected chi connectivity index (χ0v) is 29.8. The van der Waals surface area contributed by atoms with Gasteiger partial charge < -0.3 is 19.5 Å². The Hall–Kier alpha value is -2.73. The van der Waals surface area contributed by atoms with E-state index in [0.717, 1.165) is 81.7 Å². The standard InChI is InChI=1S/C42H60N2O4/c1-3-4-25-44(38(46)19-15-10-8-6-5-7-9-12-16-30-17-13-11-14-18-30)34-23-22-33-35-27-32-36(45)28-37(47-2)40-39(32)42(33,41(34)48-40)24-26-43(35)29-31-20-21-31/h11,13-14,17-18,28,31,33-35,41,45H,3-10,12,15-16,19-27,29H2,1-2H3/t33-,34-,35+,41-,42-/m0/s1. The van der Waals surface area contributed by atoms with E-state index in [1.54, 1.807) is 13.2 Å². The normalized spacial score (nSPS) is 27.0. The Morgan fingerprint density at radius 3 is 2.48 bits per heavy atom. The Labute approximate surface area is 289 Å². The minimum atomic E-state index is -0.158. The summed E-state index contributed by atoms with van der Waals surface area (Å²) in [5.74, 6) is 3.52. The molecule has 5 atom stereocenters. The van der Waals surface area contributed by atoms with E-state index in [4.69, 9.17) is 9.47 Å². The fourth-order valence-corrected chi connectivity index (χ4v) is 10.2. The number of aryl methyl sites for hydroxylation is 1. The number of phenols is 1. The molecule has 1 saturated heterocycles. The third-order valence-corrected chi connectivity index (χ3v) is 12.8. The lowest BCUT2D eigenvalue weighted by atomic mass is 9.50. The molecule has 2 aliphatic heterocycles. The highest BCUT2D eigenvalue weighted by molar-refractivity contribution is 5.77. The van der Waals surface area contributed by atoms with E-state index >= 15 is 0 Å². The molecule has 0 aromatic heterocycles. The Bertz CT molecular complexity index is 1390. The molecule has 2 heterocycles. The molecule has 2 saturated carbocycles. The van der Waals surface area contributed by atoms with Gasteiger partial charge in [0, 0.05) is 48.2 Å². The number of rotatable bonds is 18. The topological polar surface area (TPSA) is 62.2 Å². The fraction of sp³-hybridized carbons (Fsp3) is 0.690. The van der Waals surface area contributed by atoms with Crippen LogP contribution in [0.2, 0.25) is 0 Å². The second kappa shape index (κ2) is 15.0. The first kappa shape index (κ1) is 33.8. The Morgan fingerprint density at radius 2 is 1.75 bits per heavy atom. The van der Waals surface area contributed by atoms with Gasteiger partial charge in [-0.2, -0.15) is 0 Å². The molecule has 6 heteroatoms. The van der Waals surface area contributed by atoms with E-state index in [2.05, 4.69) is 47.1 Å². The van der Waals surface area contributed by atoms with E-state index < -0.39 is 0 Å². The third-order valence-electron chi connectivity index (χ3n) is 12.8. The zero-order valence-electron chi connectivity index (χ0n) is 29.8. The molecule has 2 aromatic carbocycles. The van der Waals surface area contributed by atoms with Crippen molar-refractivity contribution < 1.29 is 19.4 Å². The lowest BCUT2D eigenvalue weighted by Crippen LogP contribution is -2.69. The summed E-state index contributed by atoms with van der Waals surface area (Å²) >= 11 is 0. The fourth-order valence-electron chi connectivity index (χ4n) is 10.2. The second-order valence-electron chi connectivity index (χ2n) is 15.8. The monoisotopic (exact) mass is 656 g/mol. The van der Waals surface area contributed by atoms with Gasteiger partial charge in [0.1, 0.15) is 11.9 Å². The van der Waals surface area contributed by atoms with Gasteiger partial charge >= 0.3 is 0 Å². The summed E-state index contributed by atoms with van der Waals surface area (Å²) in [6.45, 7) is 5.31. The summed E-state index contributed by atoms with van der Waals surface area (Å²) in [6, 6.07) is 13.1. The molecular weight excluding hydrogens is 596 g/mol. The van der Waals surface area contributed by atoms with Gasteiger partial charge in [0.2, 0.25) is 5.91 Å². The van der Waals surface area contributed by atoms with E-state index in [1.165, 1.54) is 75.5 Å². The lowest BCUT2D eigenvalue weighted by molar-refractivity contribution is -0.143. The molecule has 3 fully saturated rings. The van der Waals surface area contributed by atoms with Crippen molar-refractivity contribution >= 4 is 5.91 Å². The minimum absolute atomic E-state index is 0.0667. The first-order valence-electron chi connectivity index (χ1n) is 19.7. The van der Waals surface area contributed by atoms with Crippen LogP contribution in [0.4, 0.5) is 0 Å². The first-order valence-corrected chi connectivity index (χ1v) is 19.7. The van der Waals surface area contributed by atoms with Crippen LogP contribution in [0, 0.1) is 11.8 Å². The van der Waals surface area contributed by atoms with Gasteiger partial charge in [-0.25, -0.2) is 0 Å². The average molecular weight is 657 g/mol. The van der Waals surface area contributed by atoms with Crippen LogP contribution < -0.4 is 9.47 Å². The van der Waals surface area contributed by atoms with Crippen molar-refractivity contribution in [2.45, 2.75) is 146 Å². The number of hydrogen-bond acceptors (Lipinski definition) is 5. The summed E-state index contributed by atoms with van der Waals surface area (Å²) in [5, 5.41) is 11.4. The molecule has 1 N–H and O–H groups in total. The number of piperidine rings is 1. The number of methoxy groups -OCH3 is 1. The van der Waals surface area contributed by atoms with E-state index in [0.29, 0.717) is 35.8 Å². The SMILES string of the molecule is CCCCN(C(=O)CCCCCCCCCCc1ccccc1)[C@H]1CC[C@H]2[C@H]3Cc4c(O)cc(OC)c5c4[C@@]2(CCN3CC2CC2)[C@H]1O5. The number of carbonyl (C=O) groups is 1. The maximum Gasteiger partial charge on any atom is 0.222 e. The molecule has 262 valence electrons. The summed E-state index contributed by atoms with van der Waals surface area (Å²) in [7, 11) is 1.68. The van der Waals surface area contributed by atoms with Crippen LogP contribution in [0.15, 0.2) is 36.4 Å². The number of aromatic hydroxyl groups is 1. The van der Waals surface area contributed by atoms with E-state index in [9.17, 15) is 9.90 Å². The zero-order chi connectivity index (χ0) is 33.1. The van der Waals surface area contributed by atoms with Crippen LogP contribution in [0.3, 0.4) is 0 Å². The van der Waals surface area contributed by atoms with Crippen LogP contribution in [0.1, 0.15) is 126 Å². The number of carbonyl (C=O) groups excluding carboxylic acids is 1. The number of amides is 1. The van der Waals surface area contributed by atoms with E-state index in [-0.39, 0.29) is 17.6 Å². The summed E-state index contributed by atoms with van der Waals surface area (Å²) in [4.78, 5) is 19.1. The van der Waals surface area contributed by atoms with Crippen molar-refractivity contribution in [3.63, 3.8) is 0 Å².